The van der Waals surface area contributed by atoms with Crippen LogP contribution in [-0.2, 0) is 14.4 Å². The first kappa shape index (κ1) is 13.4. The van der Waals surface area contributed by atoms with Crippen LogP contribution >= 0.6 is 0 Å². The molecule has 3 fully saturated rings. The van der Waals surface area contributed by atoms with Crippen molar-refractivity contribution in [3.8, 4) is 0 Å². The number of amides is 3. The minimum absolute atomic E-state index is 0.119. The SMILES string of the molecule is NC(=O)C1(N2CC[C@@H](NC(=O)[C@@H]3CCCN3)C2=O)CC1. The first-order valence-corrected chi connectivity index (χ1v) is 7.20. The molecule has 3 rings (SSSR count). The molecule has 4 N–H and O–H groups in total. The molecule has 0 aromatic carbocycles. The van der Waals surface area contributed by atoms with Crippen LogP contribution in [0.15, 0.2) is 0 Å². The van der Waals surface area contributed by atoms with Crippen molar-refractivity contribution in [3.05, 3.63) is 0 Å². The topological polar surface area (TPSA) is 105 Å². The second-order valence-electron chi connectivity index (χ2n) is 5.88. The van der Waals surface area contributed by atoms with E-state index in [1.165, 1.54) is 0 Å². The fraction of sp³-hybridized carbons (Fsp3) is 0.769. The van der Waals surface area contributed by atoms with Gasteiger partial charge >= 0.3 is 0 Å². The summed E-state index contributed by atoms with van der Waals surface area (Å²) < 4.78 is 0. The van der Waals surface area contributed by atoms with Gasteiger partial charge in [0.25, 0.3) is 0 Å². The molecule has 7 heteroatoms. The fourth-order valence-corrected chi connectivity index (χ4v) is 3.19. The summed E-state index contributed by atoms with van der Waals surface area (Å²) >= 11 is 0. The molecule has 2 aliphatic heterocycles. The van der Waals surface area contributed by atoms with Gasteiger partial charge in [-0.25, -0.2) is 0 Å². The number of carbonyl (C=O) groups is 3. The molecule has 3 amide bonds. The second kappa shape index (κ2) is 4.73. The average molecular weight is 280 g/mol. The van der Waals surface area contributed by atoms with Crippen molar-refractivity contribution in [3.63, 3.8) is 0 Å². The van der Waals surface area contributed by atoms with Gasteiger partial charge in [-0.3, -0.25) is 14.4 Å². The number of hydrogen-bond donors (Lipinski definition) is 3. The standard InChI is InChI=1S/C13H20N4O3/c14-12(20)13(4-5-13)17-7-3-9(11(17)19)16-10(18)8-2-1-6-15-8/h8-9,15H,1-7H2,(H2,14,20)(H,16,18)/t8-,9+/m0/s1. The Kier molecular flexibility index (Phi) is 3.16. The minimum Gasteiger partial charge on any atom is -0.368 e. The molecule has 0 aromatic rings. The number of nitrogens with two attached hydrogens (primary N) is 1. The lowest BCUT2D eigenvalue weighted by Gasteiger charge is -2.25. The van der Waals surface area contributed by atoms with E-state index in [1.807, 2.05) is 0 Å². The van der Waals surface area contributed by atoms with Gasteiger partial charge in [0.2, 0.25) is 17.7 Å². The van der Waals surface area contributed by atoms with E-state index in [0.29, 0.717) is 25.8 Å². The van der Waals surface area contributed by atoms with E-state index in [9.17, 15) is 14.4 Å². The van der Waals surface area contributed by atoms with Crippen LogP contribution in [0.3, 0.4) is 0 Å². The zero-order valence-corrected chi connectivity index (χ0v) is 11.4. The lowest BCUT2D eigenvalue weighted by molar-refractivity contribution is -0.139. The molecule has 3 aliphatic rings. The molecule has 7 nitrogen and oxygen atoms in total. The number of rotatable bonds is 4. The normalized spacial score (nSPS) is 31.4. The average Bonchev–Trinajstić information content (AvgIpc) is 2.88. The van der Waals surface area contributed by atoms with Crippen molar-refractivity contribution in [1.29, 1.82) is 0 Å². The Labute approximate surface area is 117 Å². The number of hydrogen-bond acceptors (Lipinski definition) is 4. The molecule has 1 saturated carbocycles. The first-order chi connectivity index (χ1) is 9.54. The van der Waals surface area contributed by atoms with Crippen molar-refractivity contribution in [2.24, 2.45) is 5.73 Å². The van der Waals surface area contributed by atoms with E-state index in [1.54, 1.807) is 4.90 Å². The molecule has 0 bridgehead atoms. The summed E-state index contributed by atoms with van der Waals surface area (Å²) in [6.45, 7) is 1.33. The second-order valence-corrected chi connectivity index (χ2v) is 5.88. The maximum atomic E-state index is 12.3. The van der Waals surface area contributed by atoms with Crippen LogP contribution in [0.25, 0.3) is 0 Å². The van der Waals surface area contributed by atoms with Gasteiger partial charge in [0, 0.05) is 6.54 Å². The Morgan fingerprint density at radius 3 is 2.65 bits per heavy atom. The van der Waals surface area contributed by atoms with Crippen LogP contribution in [0.5, 0.6) is 0 Å². The van der Waals surface area contributed by atoms with E-state index in [0.717, 1.165) is 19.4 Å². The predicted octanol–water partition coefficient (Wildman–Crippen LogP) is -1.53. The largest absolute Gasteiger partial charge is 0.368 e. The number of nitrogens with one attached hydrogen (secondary N) is 2. The smallest absolute Gasteiger partial charge is 0.246 e. The highest BCUT2D eigenvalue weighted by Crippen LogP contribution is 2.43. The van der Waals surface area contributed by atoms with Crippen molar-refractivity contribution in [2.75, 3.05) is 13.1 Å². The summed E-state index contributed by atoms with van der Waals surface area (Å²) in [6, 6.07) is -0.704. The molecule has 110 valence electrons. The van der Waals surface area contributed by atoms with E-state index >= 15 is 0 Å². The lowest BCUT2D eigenvalue weighted by atomic mass is 10.2. The molecule has 2 heterocycles. The van der Waals surface area contributed by atoms with Gasteiger partial charge in [-0.1, -0.05) is 0 Å². The van der Waals surface area contributed by atoms with Crippen molar-refractivity contribution >= 4 is 17.7 Å². The molecule has 0 spiro atoms. The van der Waals surface area contributed by atoms with Gasteiger partial charge in [0.1, 0.15) is 11.6 Å². The highest BCUT2D eigenvalue weighted by atomic mass is 16.2. The maximum Gasteiger partial charge on any atom is 0.246 e. The fourth-order valence-electron chi connectivity index (χ4n) is 3.19. The Balaban J connectivity index is 1.61. The van der Waals surface area contributed by atoms with Crippen LogP contribution in [-0.4, -0.2) is 53.3 Å². The van der Waals surface area contributed by atoms with Crippen LogP contribution in [0, 0.1) is 0 Å². The summed E-state index contributed by atoms with van der Waals surface area (Å²) in [4.78, 5) is 37.4. The number of carbonyl (C=O) groups excluding carboxylic acids is 3. The quantitative estimate of drug-likeness (QED) is 0.581. The zero-order valence-electron chi connectivity index (χ0n) is 11.4. The highest BCUT2D eigenvalue weighted by Gasteiger charge is 2.58. The molecule has 1 aliphatic carbocycles. The molecule has 0 unspecified atom stereocenters. The van der Waals surface area contributed by atoms with Gasteiger partial charge in [-0.05, 0) is 38.6 Å². The third-order valence-corrected chi connectivity index (χ3v) is 4.60. The van der Waals surface area contributed by atoms with Crippen LogP contribution in [0.2, 0.25) is 0 Å². The van der Waals surface area contributed by atoms with Gasteiger partial charge in [-0.2, -0.15) is 0 Å². The van der Waals surface area contributed by atoms with E-state index in [4.69, 9.17) is 5.73 Å². The lowest BCUT2D eigenvalue weighted by Crippen LogP contribution is -2.52. The number of nitrogens with zero attached hydrogens (tertiary/aromatic N) is 1. The van der Waals surface area contributed by atoms with Crippen molar-refractivity contribution < 1.29 is 14.4 Å². The van der Waals surface area contributed by atoms with E-state index in [-0.39, 0.29) is 17.9 Å². The van der Waals surface area contributed by atoms with Gasteiger partial charge in [0.15, 0.2) is 0 Å². The molecular formula is C13H20N4O3. The molecule has 2 saturated heterocycles. The van der Waals surface area contributed by atoms with Crippen LogP contribution in [0.1, 0.15) is 32.1 Å². The summed E-state index contributed by atoms with van der Waals surface area (Å²) in [5.74, 6) is -0.727. The zero-order chi connectivity index (χ0) is 14.3. The molecule has 2 atom stereocenters. The Morgan fingerprint density at radius 1 is 1.35 bits per heavy atom. The predicted molar refractivity (Wildman–Crippen MR) is 70.4 cm³/mol. The molecule has 0 radical (unpaired) electrons. The number of primary amides is 1. The summed E-state index contributed by atoms with van der Waals surface area (Å²) in [5.41, 5.74) is 4.62. The van der Waals surface area contributed by atoms with Crippen LogP contribution < -0.4 is 16.4 Å². The first-order valence-electron chi connectivity index (χ1n) is 7.20. The van der Waals surface area contributed by atoms with Gasteiger partial charge in [-0.15, -0.1) is 0 Å². The van der Waals surface area contributed by atoms with Crippen LogP contribution in [0.4, 0.5) is 0 Å². The molecular weight excluding hydrogens is 260 g/mol. The van der Waals surface area contributed by atoms with E-state index < -0.39 is 17.5 Å². The third kappa shape index (κ3) is 2.06. The Bertz CT molecular complexity index is 455. The summed E-state index contributed by atoms with van der Waals surface area (Å²) in [6.07, 6.45) is 3.61. The highest BCUT2D eigenvalue weighted by molar-refractivity contribution is 5.97. The van der Waals surface area contributed by atoms with Crippen molar-refractivity contribution in [1.82, 2.24) is 15.5 Å². The number of likely N-dealkylation sites (tertiary alicyclic amines) is 1. The molecule has 20 heavy (non-hydrogen) atoms. The molecule has 0 aromatic heterocycles. The Morgan fingerprint density at radius 2 is 2.10 bits per heavy atom. The monoisotopic (exact) mass is 280 g/mol. The Hall–Kier alpha value is -1.63. The van der Waals surface area contributed by atoms with Gasteiger partial charge in [0.05, 0.1) is 6.04 Å². The summed E-state index contributed by atoms with van der Waals surface area (Å²) in [5, 5.41) is 5.90. The summed E-state index contributed by atoms with van der Waals surface area (Å²) in [7, 11) is 0. The van der Waals surface area contributed by atoms with E-state index in [2.05, 4.69) is 10.6 Å². The van der Waals surface area contributed by atoms with Gasteiger partial charge < -0.3 is 21.3 Å². The third-order valence-electron chi connectivity index (χ3n) is 4.60. The van der Waals surface area contributed by atoms with Crippen molar-refractivity contribution in [2.45, 2.75) is 49.7 Å². The maximum absolute atomic E-state index is 12.3. The minimum atomic E-state index is -0.776.